The Morgan fingerprint density at radius 3 is 2.76 bits per heavy atom. The van der Waals surface area contributed by atoms with Crippen LogP contribution >= 0.6 is 0 Å². The van der Waals surface area contributed by atoms with Crippen LogP contribution in [0.4, 0.5) is 17.5 Å². The molecule has 3 atom stereocenters. The third-order valence-corrected chi connectivity index (χ3v) is 5.62. The highest BCUT2D eigenvalue weighted by atomic mass is 16.2. The highest BCUT2D eigenvalue weighted by Gasteiger charge is 2.25. The summed E-state index contributed by atoms with van der Waals surface area (Å²) in [7, 11) is 1.78. The minimum Gasteiger partial charge on any atom is -0.369 e. The molecule has 0 spiro atoms. The average Bonchev–Trinajstić information content (AvgIpc) is 3.29. The van der Waals surface area contributed by atoms with Gasteiger partial charge in [0, 0.05) is 24.2 Å². The first-order valence-electron chi connectivity index (χ1n) is 11.4. The summed E-state index contributed by atoms with van der Waals surface area (Å²) in [4.78, 5) is 21.1. The largest absolute Gasteiger partial charge is 0.369 e. The van der Waals surface area contributed by atoms with E-state index in [-0.39, 0.29) is 23.9 Å². The van der Waals surface area contributed by atoms with Gasteiger partial charge < -0.3 is 21.3 Å². The molecule has 1 aliphatic carbocycles. The Morgan fingerprint density at radius 1 is 1.27 bits per heavy atom. The molecule has 0 aliphatic heterocycles. The first kappa shape index (κ1) is 24.0. The highest BCUT2D eigenvalue weighted by molar-refractivity contribution is 5.81. The number of hydrogen-bond acceptors (Lipinski definition) is 7. The lowest BCUT2D eigenvalue weighted by Gasteiger charge is -2.16. The zero-order valence-electron chi connectivity index (χ0n) is 19.4. The van der Waals surface area contributed by atoms with Crippen molar-refractivity contribution < 1.29 is 4.79 Å². The van der Waals surface area contributed by atoms with Crippen LogP contribution in [0.1, 0.15) is 50.7 Å². The number of hydrogen-bond donors (Lipinski definition) is 4. The molecule has 0 saturated heterocycles. The second kappa shape index (κ2) is 11.8. The van der Waals surface area contributed by atoms with Crippen molar-refractivity contribution in [2.45, 2.75) is 51.6 Å². The topological polar surface area (TPSA) is 115 Å². The van der Waals surface area contributed by atoms with E-state index in [0.717, 1.165) is 43.5 Å². The summed E-state index contributed by atoms with van der Waals surface area (Å²) in [6, 6.07) is 9.21. The molecule has 1 amide bonds. The first-order valence-corrected chi connectivity index (χ1v) is 11.4. The monoisotopic (exact) mass is 445 g/mol. The molecule has 4 N–H and O–H groups in total. The van der Waals surface area contributed by atoms with Crippen LogP contribution in [-0.4, -0.2) is 41.6 Å². The molecular weight excluding hydrogens is 414 g/mol. The van der Waals surface area contributed by atoms with Crippen molar-refractivity contribution in [3.05, 3.63) is 41.6 Å². The van der Waals surface area contributed by atoms with Crippen molar-refractivity contribution in [1.29, 1.82) is 5.26 Å². The second-order valence-corrected chi connectivity index (χ2v) is 8.19. The SMILES string of the molecule is CCCNc1nc(Nc2ccc(C#N)cc2)ncc1C#C[C@@H]1CC[C@H](NC(=O)[C@H](C)NC)C1. The number of carbonyl (C=O) groups excluding carboxylic acids is 1. The fraction of sp³-hybridized carbons (Fsp3) is 0.440. The molecule has 1 aliphatic rings. The van der Waals surface area contributed by atoms with E-state index >= 15 is 0 Å². The van der Waals surface area contributed by atoms with Crippen molar-refractivity contribution in [3.63, 3.8) is 0 Å². The van der Waals surface area contributed by atoms with Crippen molar-refractivity contribution in [2.24, 2.45) is 5.92 Å². The number of amides is 1. The van der Waals surface area contributed by atoms with Crippen molar-refractivity contribution in [1.82, 2.24) is 20.6 Å². The van der Waals surface area contributed by atoms with E-state index in [1.54, 1.807) is 25.4 Å². The Kier molecular flexibility index (Phi) is 8.63. The smallest absolute Gasteiger partial charge is 0.237 e. The Balaban J connectivity index is 1.68. The van der Waals surface area contributed by atoms with Crippen LogP contribution in [0, 0.1) is 29.1 Å². The Bertz CT molecular complexity index is 1050. The Labute approximate surface area is 195 Å². The summed E-state index contributed by atoms with van der Waals surface area (Å²) in [5.41, 5.74) is 2.16. The number of benzene rings is 1. The van der Waals surface area contributed by atoms with Gasteiger partial charge in [-0.15, -0.1) is 0 Å². The van der Waals surface area contributed by atoms with Crippen LogP contribution in [0.2, 0.25) is 0 Å². The highest BCUT2D eigenvalue weighted by Crippen LogP contribution is 2.25. The molecule has 1 aromatic heterocycles. The molecule has 33 heavy (non-hydrogen) atoms. The summed E-state index contributed by atoms with van der Waals surface area (Å²) in [5, 5.41) is 21.5. The van der Waals surface area contributed by atoms with Gasteiger partial charge in [0.1, 0.15) is 5.82 Å². The molecule has 0 unspecified atom stereocenters. The number of nitrogens with zero attached hydrogens (tertiary/aromatic N) is 3. The molecule has 8 nitrogen and oxygen atoms in total. The van der Waals surface area contributed by atoms with Gasteiger partial charge in [-0.25, -0.2) is 4.98 Å². The maximum atomic E-state index is 12.1. The summed E-state index contributed by atoms with van der Waals surface area (Å²) >= 11 is 0. The number of rotatable bonds is 8. The van der Waals surface area contributed by atoms with Gasteiger partial charge in [-0.05, 0) is 63.9 Å². The minimum atomic E-state index is -0.198. The maximum absolute atomic E-state index is 12.1. The Hall–Kier alpha value is -3.62. The zero-order valence-corrected chi connectivity index (χ0v) is 19.4. The van der Waals surface area contributed by atoms with Gasteiger partial charge in [-0.1, -0.05) is 18.8 Å². The van der Waals surface area contributed by atoms with E-state index in [0.29, 0.717) is 17.3 Å². The fourth-order valence-electron chi connectivity index (χ4n) is 3.55. The van der Waals surface area contributed by atoms with Crippen LogP contribution in [0.5, 0.6) is 0 Å². The van der Waals surface area contributed by atoms with E-state index in [2.05, 4.69) is 56.1 Å². The van der Waals surface area contributed by atoms with E-state index in [1.165, 1.54) is 0 Å². The lowest BCUT2D eigenvalue weighted by Crippen LogP contribution is -2.44. The van der Waals surface area contributed by atoms with Gasteiger partial charge in [-0.2, -0.15) is 10.2 Å². The van der Waals surface area contributed by atoms with E-state index < -0.39 is 0 Å². The summed E-state index contributed by atoms with van der Waals surface area (Å²) in [5.74, 6) is 8.03. The number of aromatic nitrogens is 2. The molecule has 1 heterocycles. The number of carbonyl (C=O) groups is 1. The van der Waals surface area contributed by atoms with Crippen molar-refractivity contribution in [3.8, 4) is 17.9 Å². The molecule has 2 aromatic rings. The molecule has 1 aromatic carbocycles. The van der Waals surface area contributed by atoms with Gasteiger partial charge >= 0.3 is 0 Å². The number of nitrogens with one attached hydrogen (secondary N) is 4. The summed E-state index contributed by atoms with van der Waals surface area (Å²) < 4.78 is 0. The van der Waals surface area contributed by atoms with Crippen molar-refractivity contribution in [2.75, 3.05) is 24.2 Å². The van der Waals surface area contributed by atoms with E-state index in [1.807, 2.05) is 19.1 Å². The predicted octanol–water partition coefficient (Wildman–Crippen LogP) is 3.16. The number of likely N-dealkylation sites (N-methyl/N-ethyl adjacent to an activating group) is 1. The van der Waals surface area contributed by atoms with Gasteiger partial charge in [0.2, 0.25) is 11.9 Å². The molecule has 1 fully saturated rings. The summed E-state index contributed by atoms with van der Waals surface area (Å²) in [6.45, 7) is 4.73. The molecule has 1 saturated carbocycles. The number of anilines is 3. The molecule has 0 bridgehead atoms. The van der Waals surface area contributed by atoms with Crippen molar-refractivity contribution >= 4 is 23.4 Å². The Morgan fingerprint density at radius 2 is 2.06 bits per heavy atom. The van der Waals surface area contributed by atoms with Crippen LogP contribution in [0.15, 0.2) is 30.5 Å². The lowest BCUT2D eigenvalue weighted by atomic mass is 10.1. The lowest BCUT2D eigenvalue weighted by molar-refractivity contribution is -0.123. The van der Waals surface area contributed by atoms with Gasteiger partial charge in [0.25, 0.3) is 0 Å². The second-order valence-electron chi connectivity index (χ2n) is 8.19. The third-order valence-electron chi connectivity index (χ3n) is 5.62. The quantitative estimate of drug-likeness (QED) is 0.462. The minimum absolute atomic E-state index is 0.0286. The maximum Gasteiger partial charge on any atom is 0.237 e. The summed E-state index contributed by atoms with van der Waals surface area (Å²) in [6.07, 6.45) is 5.44. The van der Waals surface area contributed by atoms with Crippen LogP contribution in [-0.2, 0) is 4.79 Å². The van der Waals surface area contributed by atoms with Crippen LogP contribution in [0.25, 0.3) is 0 Å². The number of nitriles is 1. The third kappa shape index (κ3) is 6.93. The van der Waals surface area contributed by atoms with Gasteiger partial charge in [-0.3, -0.25) is 4.79 Å². The molecular formula is C25H31N7O. The molecule has 0 radical (unpaired) electrons. The molecule has 8 heteroatoms. The normalized spacial score (nSPS) is 17.9. The predicted molar refractivity (Wildman–Crippen MR) is 130 cm³/mol. The van der Waals surface area contributed by atoms with Gasteiger partial charge in [0.15, 0.2) is 0 Å². The fourth-order valence-corrected chi connectivity index (χ4v) is 3.55. The van der Waals surface area contributed by atoms with Crippen LogP contribution in [0.3, 0.4) is 0 Å². The first-order chi connectivity index (χ1) is 16.0. The van der Waals surface area contributed by atoms with E-state index in [9.17, 15) is 4.79 Å². The molecule has 3 rings (SSSR count). The van der Waals surface area contributed by atoms with E-state index in [4.69, 9.17) is 5.26 Å². The average molecular weight is 446 g/mol. The van der Waals surface area contributed by atoms with Crippen LogP contribution < -0.4 is 21.3 Å². The van der Waals surface area contributed by atoms with Gasteiger partial charge in [0.05, 0.1) is 29.4 Å². The zero-order chi connectivity index (χ0) is 23.6. The standard InChI is InChI=1S/C25H31N7O/c1-4-13-28-23-20(9-5-18-6-12-22(14-18)30-24(33)17(2)27-3)16-29-25(32-23)31-21-10-7-19(15-26)8-11-21/h7-8,10-11,16-18,22,27H,4,6,12-14H2,1-3H3,(H,30,33)(H2,28,29,31,32)/t17-,18+,22-/m0/s1. The molecule has 172 valence electrons.